The third-order valence-electron chi connectivity index (χ3n) is 8.25. The number of thiazole rings is 1. The number of aromatic nitrogens is 1. The third-order valence-corrected chi connectivity index (χ3v) is 10.5. The molecule has 2 nitrogen and oxygen atoms in total. The number of fused-ring (bicyclic) bond motifs is 8. The molecule has 43 heavy (non-hydrogen) atoms. The highest BCUT2D eigenvalue weighted by Crippen LogP contribution is 2.46. The van der Waals surface area contributed by atoms with Crippen LogP contribution in [0.15, 0.2) is 146 Å². The van der Waals surface area contributed by atoms with Crippen LogP contribution in [-0.2, 0) is 0 Å². The van der Waals surface area contributed by atoms with E-state index >= 15 is 0 Å². The molecular formula is C39H24N2S2. The Morgan fingerprint density at radius 1 is 0.488 bits per heavy atom. The van der Waals surface area contributed by atoms with Crippen molar-refractivity contribution < 1.29 is 0 Å². The van der Waals surface area contributed by atoms with Gasteiger partial charge in [0.25, 0.3) is 0 Å². The molecular weight excluding hydrogens is 561 g/mol. The molecule has 0 bridgehead atoms. The Labute approximate surface area is 256 Å². The Balaban J connectivity index is 1.32. The molecule has 0 unspecified atom stereocenters. The van der Waals surface area contributed by atoms with Gasteiger partial charge in [0.05, 0.1) is 15.9 Å². The summed E-state index contributed by atoms with van der Waals surface area (Å²) >= 11 is 3.65. The largest absolute Gasteiger partial charge is 0.310 e. The van der Waals surface area contributed by atoms with Crippen molar-refractivity contribution in [1.29, 1.82) is 0 Å². The minimum atomic E-state index is 1.06. The molecule has 202 valence electrons. The molecule has 0 aliphatic rings. The molecule has 2 aromatic heterocycles. The highest BCUT2D eigenvalue weighted by molar-refractivity contribution is 7.28. The van der Waals surface area contributed by atoms with E-state index < -0.39 is 0 Å². The van der Waals surface area contributed by atoms with E-state index in [9.17, 15) is 0 Å². The van der Waals surface area contributed by atoms with Crippen LogP contribution < -0.4 is 4.90 Å². The standard InChI is InChI=1S/C39H24N2S2/c1-3-11-25(12-4-1)39-40-33-20-22-36-37(38(33)43-39)32-24-28(19-21-35(32)42-36)41(27-14-5-2-6-15-27)34-23-26-13-7-8-16-29(26)30-17-9-10-18-31(30)34/h1-24H. The van der Waals surface area contributed by atoms with Gasteiger partial charge in [-0.2, -0.15) is 0 Å². The number of rotatable bonds is 4. The number of hydrogen-bond donors (Lipinski definition) is 0. The van der Waals surface area contributed by atoms with Crippen molar-refractivity contribution in [3.63, 3.8) is 0 Å². The molecule has 0 saturated heterocycles. The van der Waals surface area contributed by atoms with Crippen LogP contribution >= 0.6 is 22.7 Å². The number of thiophene rings is 1. The lowest BCUT2D eigenvalue weighted by Crippen LogP contribution is -2.10. The lowest BCUT2D eigenvalue weighted by molar-refractivity contribution is 1.31. The molecule has 0 N–H and O–H groups in total. The van der Waals surface area contributed by atoms with Crippen LogP contribution in [0.1, 0.15) is 0 Å². The van der Waals surface area contributed by atoms with E-state index in [-0.39, 0.29) is 0 Å². The van der Waals surface area contributed by atoms with Crippen molar-refractivity contribution in [3.8, 4) is 10.6 Å². The molecule has 4 heteroatoms. The van der Waals surface area contributed by atoms with E-state index in [1.807, 2.05) is 11.3 Å². The summed E-state index contributed by atoms with van der Waals surface area (Å²) in [6, 6.07) is 52.4. The van der Waals surface area contributed by atoms with Gasteiger partial charge in [0.15, 0.2) is 0 Å². The Bertz CT molecular complexity index is 2460. The van der Waals surface area contributed by atoms with Crippen LogP contribution in [0, 0.1) is 0 Å². The average Bonchev–Trinajstić information content (AvgIpc) is 3.67. The maximum Gasteiger partial charge on any atom is 0.124 e. The van der Waals surface area contributed by atoms with Crippen LogP contribution in [0.3, 0.4) is 0 Å². The number of para-hydroxylation sites is 1. The molecule has 0 aliphatic carbocycles. The number of benzene rings is 7. The van der Waals surface area contributed by atoms with Gasteiger partial charge < -0.3 is 4.90 Å². The Morgan fingerprint density at radius 2 is 1.19 bits per heavy atom. The molecule has 0 fully saturated rings. The van der Waals surface area contributed by atoms with E-state index in [1.54, 1.807) is 11.3 Å². The maximum atomic E-state index is 5.05. The Hall–Kier alpha value is -5.03. The van der Waals surface area contributed by atoms with Gasteiger partial charge in [0.1, 0.15) is 5.01 Å². The maximum absolute atomic E-state index is 5.05. The minimum Gasteiger partial charge on any atom is -0.310 e. The van der Waals surface area contributed by atoms with E-state index in [2.05, 4.69) is 150 Å². The van der Waals surface area contributed by atoms with E-state index in [0.717, 1.165) is 27.5 Å². The van der Waals surface area contributed by atoms with Gasteiger partial charge in [0, 0.05) is 42.5 Å². The average molecular weight is 585 g/mol. The summed E-state index contributed by atoms with van der Waals surface area (Å²) in [6.07, 6.45) is 0. The first-order chi connectivity index (χ1) is 21.3. The van der Waals surface area contributed by atoms with E-state index in [0.29, 0.717) is 0 Å². The van der Waals surface area contributed by atoms with E-state index in [1.165, 1.54) is 52.1 Å². The predicted molar refractivity (Wildman–Crippen MR) is 188 cm³/mol. The molecule has 0 aliphatic heterocycles. The van der Waals surface area contributed by atoms with Gasteiger partial charge in [-0.15, -0.1) is 22.7 Å². The van der Waals surface area contributed by atoms with Gasteiger partial charge >= 0.3 is 0 Å². The number of hydrogen-bond acceptors (Lipinski definition) is 4. The van der Waals surface area contributed by atoms with E-state index in [4.69, 9.17) is 4.98 Å². The topological polar surface area (TPSA) is 16.1 Å². The highest BCUT2D eigenvalue weighted by atomic mass is 32.1. The van der Waals surface area contributed by atoms with Crippen molar-refractivity contribution in [1.82, 2.24) is 4.98 Å². The fourth-order valence-corrected chi connectivity index (χ4v) is 8.59. The van der Waals surface area contributed by atoms with Crippen molar-refractivity contribution >= 4 is 91.7 Å². The van der Waals surface area contributed by atoms with Gasteiger partial charge in [-0.3, -0.25) is 0 Å². The molecule has 2 heterocycles. The van der Waals surface area contributed by atoms with Gasteiger partial charge in [-0.1, -0.05) is 97.1 Å². The van der Waals surface area contributed by atoms with Gasteiger partial charge in [-0.05, 0) is 64.7 Å². The van der Waals surface area contributed by atoms with Gasteiger partial charge in [-0.25, -0.2) is 4.98 Å². The summed E-state index contributed by atoms with van der Waals surface area (Å²) in [5.41, 5.74) is 5.67. The normalized spacial score (nSPS) is 11.7. The summed E-state index contributed by atoms with van der Waals surface area (Å²) in [5, 5.41) is 8.64. The number of nitrogens with zero attached hydrogens (tertiary/aromatic N) is 2. The molecule has 9 rings (SSSR count). The molecule has 7 aromatic carbocycles. The van der Waals surface area contributed by atoms with Crippen LogP contribution in [0.25, 0.3) is 62.5 Å². The Morgan fingerprint density at radius 3 is 2.02 bits per heavy atom. The zero-order valence-corrected chi connectivity index (χ0v) is 24.7. The molecule has 0 atom stereocenters. The zero-order chi connectivity index (χ0) is 28.3. The molecule has 0 amide bonds. The van der Waals surface area contributed by atoms with Crippen molar-refractivity contribution in [3.05, 3.63) is 146 Å². The molecule has 0 radical (unpaired) electrons. The monoisotopic (exact) mass is 584 g/mol. The SMILES string of the molecule is c1ccc(-c2nc3ccc4sc5ccc(N(c6ccccc6)c6cc7ccccc7c7ccccc67)cc5c4c3s2)cc1. The second kappa shape index (κ2) is 9.77. The minimum absolute atomic E-state index is 1.06. The zero-order valence-electron chi connectivity index (χ0n) is 23.1. The first-order valence-electron chi connectivity index (χ1n) is 14.4. The van der Waals surface area contributed by atoms with Crippen LogP contribution in [0.5, 0.6) is 0 Å². The molecule has 0 spiro atoms. The summed E-state index contributed by atoms with van der Waals surface area (Å²) < 4.78 is 3.84. The summed E-state index contributed by atoms with van der Waals surface area (Å²) in [6.45, 7) is 0. The second-order valence-electron chi connectivity index (χ2n) is 10.8. The van der Waals surface area contributed by atoms with Crippen LogP contribution in [0.2, 0.25) is 0 Å². The lowest BCUT2D eigenvalue weighted by atomic mass is 9.99. The van der Waals surface area contributed by atoms with Gasteiger partial charge in [0.2, 0.25) is 0 Å². The van der Waals surface area contributed by atoms with Crippen LogP contribution in [-0.4, -0.2) is 4.98 Å². The smallest absolute Gasteiger partial charge is 0.124 e. The summed E-state index contributed by atoms with van der Waals surface area (Å²) in [4.78, 5) is 7.46. The highest BCUT2D eigenvalue weighted by Gasteiger charge is 2.20. The third kappa shape index (κ3) is 3.95. The van der Waals surface area contributed by atoms with Crippen molar-refractivity contribution in [2.45, 2.75) is 0 Å². The molecule has 9 aromatic rings. The van der Waals surface area contributed by atoms with Crippen molar-refractivity contribution in [2.75, 3.05) is 4.90 Å². The molecule has 0 saturated carbocycles. The fraction of sp³-hybridized carbons (Fsp3) is 0. The fourth-order valence-electron chi connectivity index (χ4n) is 6.30. The lowest BCUT2D eigenvalue weighted by Gasteiger charge is -2.27. The first kappa shape index (κ1) is 24.6. The predicted octanol–water partition coefficient (Wildman–Crippen LogP) is 12.1. The number of anilines is 3. The van der Waals surface area contributed by atoms with Crippen LogP contribution in [0.4, 0.5) is 17.1 Å². The summed E-state index contributed by atoms with van der Waals surface area (Å²) in [7, 11) is 0. The quantitative estimate of drug-likeness (QED) is 0.191. The first-order valence-corrected chi connectivity index (χ1v) is 16.0. The Kier molecular flexibility index (Phi) is 5.58. The van der Waals surface area contributed by atoms with Crippen molar-refractivity contribution in [2.24, 2.45) is 0 Å². The second-order valence-corrected chi connectivity index (χ2v) is 12.9. The summed E-state index contributed by atoms with van der Waals surface area (Å²) in [5.74, 6) is 0.